The van der Waals surface area contributed by atoms with E-state index in [1.807, 2.05) is 13.0 Å². The van der Waals surface area contributed by atoms with Crippen molar-refractivity contribution >= 4 is 21.5 Å². The monoisotopic (exact) mass is 303 g/mol. The molecule has 2 aromatic rings. The zero-order valence-corrected chi connectivity index (χ0v) is 12.4. The SMILES string of the molecule is Cc1cccc(S(=O)(=O)Nc2ccc(CC(=N)N)cc2)c1. The predicted octanol–water partition coefficient (Wildman–Crippen LogP) is 2.27. The highest BCUT2D eigenvalue weighted by Gasteiger charge is 2.13. The molecule has 0 heterocycles. The molecule has 0 bridgehead atoms. The van der Waals surface area contributed by atoms with Crippen LogP contribution in [0.25, 0.3) is 0 Å². The van der Waals surface area contributed by atoms with Gasteiger partial charge in [-0.05, 0) is 42.3 Å². The van der Waals surface area contributed by atoms with Crippen LogP contribution in [0.15, 0.2) is 53.4 Å². The molecular formula is C15H17N3O2S. The fourth-order valence-corrected chi connectivity index (χ4v) is 3.07. The number of nitrogens with two attached hydrogens (primary N) is 1. The average Bonchev–Trinajstić information content (AvgIpc) is 2.40. The molecule has 0 unspecified atom stereocenters. The number of aryl methyl sites for hydroxylation is 1. The third kappa shape index (κ3) is 4.06. The molecule has 4 N–H and O–H groups in total. The number of hydrogen-bond donors (Lipinski definition) is 3. The Balaban J connectivity index is 2.19. The molecule has 110 valence electrons. The minimum atomic E-state index is -3.59. The highest BCUT2D eigenvalue weighted by Crippen LogP contribution is 2.17. The van der Waals surface area contributed by atoms with Crippen molar-refractivity contribution in [3.63, 3.8) is 0 Å². The molecule has 6 heteroatoms. The lowest BCUT2D eigenvalue weighted by Gasteiger charge is -2.09. The number of amidine groups is 1. The van der Waals surface area contributed by atoms with Gasteiger partial charge in [-0.25, -0.2) is 8.42 Å². The molecule has 0 aromatic heterocycles. The van der Waals surface area contributed by atoms with Crippen LogP contribution in [0.3, 0.4) is 0 Å². The highest BCUT2D eigenvalue weighted by atomic mass is 32.2. The van der Waals surface area contributed by atoms with Crippen LogP contribution in [-0.2, 0) is 16.4 Å². The van der Waals surface area contributed by atoms with Gasteiger partial charge in [0.2, 0.25) is 0 Å². The van der Waals surface area contributed by atoms with Crippen molar-refractivity contribution in [2.24, 2.45) is 5.73 Å². The molecular weight excluding hydrogens is 286 g/mol. The number of nitrogens with one attached hydrogen (secondary N) is 2. The van der Waals surface area contributed by atoms with E-state index < -0.39 is 10.0 Å². The van der Waals surface area contributed by atoms with Gasteiger partial charge in [-0.3, -0.25) is 10.1 Å². The molecule has 0 aliphatic heterocycles. The summed E-state index contributed by atoms with van der Waals surface area (Å²) in [5.74, 6) is 0.0723. The molecule has 0 atom stereocenters. The van der Waals surface area contributed by atoms with Crippen LogP contribution >= 0.6 is 0 Å². The average molecular weight is 303 g/mol. The highest BCUT2D eigenvalue weighted by molar-refractivity contribution is 7.92. The molecule has 0 aliphatic rings. The Hall–Kier alpha value is -2.34. The zero-order valence-electron chi connectivity index (χ0n) is 11.6. The second-order valence-corrected chi connectivity index (χ2v) is 6.50. The maximum atomic E-state index is 12.3. The molecule has 0 saturated heterocycles. The zero-order chi connectivity index (χ0) is 15.5. The first-order chi connectivity index (χ1) is 9.87. The van der Waals surface area contributed by atoms with E-state index in [1.165, 1.54) is 0 Å². The minimum Gasteiger partial charge on any atom is -0.387 e. The quantitative estimate of drug-likeness (QED) is 0.584. The first-order valence-corrected chi connectivity index (χ1v) is 7.86. The number of sulfonamides is 1. The Morgan fingerprint density at radius 2 is 1.86 bits per heavy atom. The summed E-state index contributed by atoms with van der Waals surface area (Å²) in [6.07, 6.45) is 0.352. The number of anilines is 1. The maximum absolute atomic E-state index is 12.3. The predicted molar refractivity (Wildman–Crippen MR) is 84.0 cm³/mol. The smallest absolute Gasteiger partial charge is 0.261 e. The van der Waals surface area contributed by atoms with Crippen molar-refractivity contribution in [2.75, 3.05) is 4.72 Å². The minimum absolute atomic E-state index is 0.0723. The number of hydrogen-bond acceptors (Lipinski definition) is 3. The molecule has 2 rings (SSSR count). The van der Waals surface area contributed by atoms with E-state index in [4.69, 9.17) is 11.1 Å². The molecule has 0 spiro atoms. The lowest BCUT2D eigenvalue weighted by molar-refractivity contribution is 0.601. The van der Waals surface area contributed by atoms with Crippen LogP contribution in [-0.4, -0.2) is 14.3 Å². The van der Waals surface area contributed by atoms with E-state index >= 15 is 0 Å². The molecule has 0 aliphatic carbocycles. The second kappa shape index (κ2) is 5.97. The summed E-state index contributed by atoms with van der Waals surface area (Å²) >= 11 is 0. The first kappa shape index (κ1) is 15.1. The van der Waals surface area contributed by atoms with E-state index in [2.05, 4.69) is 4.72 Å². The third-order valence-electron chi connectivity index (χ3n) is 2.90. The van der Waals surface area contributed by atoms with Gasteiger partial charge in [0.05, 0.1) is 10.7 Å². The van der Waals surface area contributed by atoms with Gasteiger partial charge >= 0.3 is 0 Å². The van der Waals surface area contributed by atoms with Crippen LogP contribution in [0.2, 0.25) is 0 Å². The summed E-state index contributed by atoms with van der Waals surface area (Å²) < 4.78 is 27.0. The Morgan fingerprint density at radius 1 is 1.19 bits per heavy atom. The Morgan fingerprint density at radius 3 is 2.43 bits per heavy atom. The summed E-state index contributed by atoms with van der Waals surface area (Å²) in [6.45, 7) is 1.84. The topological polar surface area (TPSA) is 96.0 Å². The second-order valence-electron chi connectivity index (χ2n) is 4.82. The summed E-state index contributed by atoms with van der Waals surface area (Å²) in [7, 11) is -3.59. The van der Waals surface area contributed by atoms with Crippen molar-refractivity contribution in [1.29, 1.82) is 5.41 Å². The standard InChI is InChI=1S/C15H17N3O2S/c1-11-3-2-4-14(9-11)21(19,20)18-13-7-5-12(6-8-13)10-15(16)17/h2-9,18H,10H2,1H3,(H3,16,17). The van der Waals surface area contributed by atoms with Crippen molar-refractivity contribution in [3.05, 3.63) is 59.7 Å². The Labute approximate surface area is 124 Å². The largest absolute Gasteiger partial charge is 0.387 e. The van der Waals surface area contributed by atoms with Gasteiger partial charge < -0.3 is 5.73 Å². The van der Waals surface area contributed by atoms with E-state index in [0.717, 1.165) is 11.1 Å². The molecule has 0 saturated carbocycles. The molecule has 0 fully saturated rings. The summed E-state index contributed by atoms with van der Waals surface area (Å²) in [5, 5.41) is 7.23. The van der Waals surface area contributed by atoms with Gasteiger partial charge in [0.25, 0.3) is 10.0 Å². The Kier molecular flexibility index (Phi) is 4.28. The van der Waals surface area contributed by atoms with Gasteiger partial charge in [0.1, 0.15) is 0 Å². The van der Waals surface area contributed by atoms with Crippen LogP contribution in [0.1, 0.15) is 11.1 Å². The first-order valence-electron chi connectivity index (χ1n) is 6.38. The van der Waals surface area contributed by atoms with Gasteiger partial charge in [0, 0.05) is 12.1 Å². The molecule has 2 aromatic carbocycles. The van der Waals surface area contributed by atoms with Crippen molar-refractivity contribution < 1.29 is 8.42 Å². The van der Waals surface area contributed by atoms with Crippen LogP contribution in [0.5, 0.6) is 0 Å². The van der Waals surface area contributed by atoms with Gasteiger partial charge in [-0.1, -0.05) is 24.3 Å². The maximum Gasteiger partial charge on any atom is 0.261 e. The lowest BCUT2D eigenvalue weighted by Crippen LogP contribution is -2.14. The molecule has 0 amide bonds. The molecule has 0 radical (unpaired) electrons. The van der Waals surface area contributed by atoms with Crippen LogP contribution in [0, 0.1) is 12.3 Å². The number of rotatable bonds is 5. The van der Waals surface area contributed by atoms with Gasteiger partial charge in [0.15, 0.2) is 0 Å². The van der Waals surface area contributed by atoms with Crippen LogP contribution < -0.4 is 10.5 Å². The Bertz CT molecular complexity index is 753. The van der Waals surface area contributed by atoms with Crippen LogP contribution in [0.4, 0.5) is 5.69 Å². The summed E-state index contributed by atoms with van der Waals surface area (Å²) in [5.41, 5.74) is 7.55. The number of benzene rings is 2. The van der Waals surface area contributed by atoms with E-state index in [1.54, 1.807) is 42.5 Å². The van der Waals surface area contributed by atoms with Gasteiger partial charge in [-0.2, -0.15) is 0 Å². The lowest BCUT2D eigenvalue weighted by atomic mass is 10.1. The van der Waals surface area contributed by atoms with Crippen molar-refractivity contribution in [3.8, 4) is 0 Å². The summed E-state index contributed by atoms with van der Waals surface area (Å²) in [4.78, 5) is 0.232. The van der Waals surface area contributed by atoms with Gasteiger partial charge in [-0.15, -0.1) is 0 Å². The molecule has 5 nitrogen and oxygen atoms in total. The van der Waals surface area contributed by atoms with E-state index in [-0.39, 0.29) is 10.7 Å². The summed E-state index contributed by atoms with van der Waals surface area (Å²) in [6, 6.07) is 13.5. The fourth-order valence-electron chi connectivity index (χ4n) is 1.91. The van der Waals surface area contributed by atoms with E-state index in [0.29, 0.717) is 12.1 Å². The van der Waals surface area contributed by atoms with Crippen molar-refractivity contribution in [2.45, 2.75) is 18.2 Å². The third-order valence-corrected chi connectivity index (χ3v) is 4.28. The fraction of sp³-hybridized carbons (Fsp3) is 0.133. The molecule has 21 heavy (non-hydrogen) atoms. The van der Waals surface area contributed by atoms with Crippen molar-refractivity contribution in [1.82, 2.24) is 0 Å². The normalized spacial score (nSPS) is 11.1. The van der Waals surface area contributed by atoms with E-state index in [9.17, 15) is 8.42 Å².